The van der Waals surface area contributed by atoms with E-state index in [2.05, 4.69) is 4.72 Å². The number of allylic oxidation sites excluding steroid dienone is 2. The predicted molar refractivity (Wildman–Crippen MR) is 63.7 cm³/mol. The summed E-state index contributed by atoms with van der Waals surface area (Å²) in [6.07, 6.45) is 5.84. The normalized spacial score (nSPS) is 12.3. The highest BCUT2D eigenvalue weighted by Crippen LogP contribution is 2.22. The molecule has 2 N–H and O–H groups in total. The lowest BCUT2D eigenvalue weighted by Crippen LogP contribution is -1.88. The van der Waals surface area contributed by atoms with Gasteiger partial charge in [0.2, 0.25) is 0 Å². The van der Waals surface area contributed by atoms with E-state index in [9.17, 15) is 0 Å². The first kappa shape index (κ1) is 11.5. The third-order valence-electron chi connectivity index (χ3n) is 1.58. The van der Waals surface area contributed by atoms with E-state index < -0.39 is 0 Å². The first-order valence-electron chi connectivity index (χ1n) is 4.39. The van der Waals surface area contributed by atoms with Gasteiger partial charge in [0, 0.05) is 6.20 Å². The van der Waals surface area contributed by atoms with Crippen LogP contribution < -0.4 is 9.46 Å². The van der Waals surface area contributed by atoms with Crippen molar-refractivity contribution in [2.45, 2.75) is 0 Å². The fraction of sp³-hybridized carbons (Fsp3) is 0.0909. The van der Waals surface area contributed by atoms with Gasteiger partial charge in [0.25, 0.3) is 0 Å². The van der Waals surface area contributed by atoms with Gasteiger partial charge in [-0.1, -0.05) is 18.2 Å². The molecule has 1 heterocycles. The maximum Gasteiger partial charge on any atom is 0.160 e. The zero-order valence-electron chi connectivity index (χ0n) is 8.38. The number of hydrogen-bond acceptors (Lipinski definition) is 4. The van der Waals surface area contributed by atoms with Gasteiger partial charge in [-0.2, -0.15) is 0 Å². The molecule has 0 fully saturated rings. The van der Waals surface area contributed by atoms with Crippen LogP contribution in [0.4, 0.5) is 0 Å². The minimum absolute atomic E-state index is 0.181. The Morgan fingerprint density at radius 2 is 2.07 bits per heavy atom. The molecule has 0 saturated carbocycles. The van der Waals surface area contributed by atoms with Crippen molar-refractivity contribution in [3.8, 4) is 11.5 Å². The summed E-state index contributed by atoms with van der Waals surface area (Å²) >= 11 is 1.58. The van der Waals surface area contributed by atoms with Crippen LogP contribution in [0.25, 0.3) is 0 Å². The molecule has 0 spiro atoms. The zero-order valence-corrected chi connectivity index (χ0v) is 9.20. The Kier molecular flexibility index (Phi) is 5.25. The molecule has 0 atom stereocenters. The molecule has 0 aromatic heterocycles. The average Bonchev–Trinajstić information content (AvgIpc) is 2.33. The van der Waals surface area contributed by atoms with Crippen LogP contribution in [0.3, 0.4) is 0 Å². The summed E-state index contributed by atoms with van der Waals surface area (Å²) in [5.74, 6) is 0.692. The third-order valence-corrected chi connectivity index (χ3v) is 2.14. The highest BCUT2D eigenvalue weighted by atomic mass is 32.2. The van der Waals surface area contributed by atoms with Gasteiger partial charge in [-0.25, -0.2) is 0 Å². The minimum atomic E-state index is 0.181. The molecule has 1 aromatic rings. The number of benzene rings is 1. The monoisotopic (exact) mass is 223 g/mol. The molecule has 15 heavy (non-hydrogen) atoms. The fourth-order valence-corrected chi connectivity index (χ4v) is 1.29. The van der Waals surface area contributed by atoms with Crippen molar-refractivity contribution in [1.29, 1.82) is 0 Å². The van der Waals surface area contributed by atoms with E-state index in [1.165, 1.54) is 7.11 Å². The van der Waals surface area contributed by atoms with Crippen molar-refractivity contribution < 1.29 is 9.84 Å². The lowest BCUT2D eigenvalue weighted by Gasteiger charge is -1.99. The number of phenols is 1. The molecule has 0 aliphatic carbocycles. The van der Waals surface area contributed by atoms with Crippen LogP contribution in [0, 0.1) is 0 Å². The highest BCUT2D eigenvalue weighted by molar-refractivity contribution is 8.00. The average molecular weight is 223 g/mol. The first-order chi connectivity index (χ1) is 7.34. The number of rotatable bonds is 1. The topological polar surface area (TPSA) is 41.5 Å². The van der Waals surface area contributed by atoms with Crippen molar-refractivity contribution in [2.75, 3.05) is 7.11 Å². The number of hydrogen-bond donors (Lipinski definition) is 2. The molecule has 4 heteroatoms. The minimum Gasteiger partial charge on any atom is -0.504 e. The molecule has 0 radical (unpaired) electrons. The van der Waals surface area contributed by atoms with Crippen LogP contribution in [0.15, 0.2) is 48.0 Å². The number of phenolic OH excluding ortho intramolecular Hbond substituents is 1. The molecule has 2 rings (SSSR count). The maximum absolute atomic E-state index is 8.99. The van der Waals surface area contributed by atoms with Gasteiger partial charge in [0.15, 0.2) is 11.5 Å². The Morgan fingerprint density at radius 1 is 1.27 bits per heavy atom. The summed E-state index contributed by atoms with van der Waals surface area (Å²) in [5, 5.41) is 11.0. The van der Waals surface area contributed by atoms with Crippen LogP contribution >= 0.6 is 11.9 Å². The van der Waals surface area contributed by atoms with Crippen LogP contribution in [-0.4, -0.2) is 12.2 Å². The third kappa shape index (κ3) is 4.46. The fourth-order valence-electron chi connectivity index (χ4n) is 0.888. The SMILES string of the molecule is C1=CNSC=C1.COc1ccccc1O. The molecular weight excluding hydrogens is 210 g/mol. The lowest BCUT2D eigenvalue weighted by molar-refractivity contribution is 0.373. The van der Waals surface area contributed by atoms with Crippen LogP contribution in [0.2, 0.25) is 0 Å². The van der Waals surface area contributed by atoms with Gasteiger partial charge >= 0.3 is 0 Å². The second kappa shape index (κ2) is 6.84. The number of methoxy groups -OCH3 is 1. The number of para-hydroxylation sites is 2. The molecule has 80 valence electrons. The van der Waals surface area contributed by atoms with E-state index in [-0.39, 0.29) is 5.75 Å². The Labute approximate surface area is 93.6 Å². The maximum atomic E-state index is 8.99. The Morgan fingerprint density at radius 3 is 2.40 bits per heavy atom. The van der Waals surface area contributed by atoms with Gasteiger partial charge < -0.3 is 14.6 Å². The van der Waals surface area contributed by atoms with Crippen LogP contribution in [0.1, 0.15) is 0 Å². The van der Waals surface area contributed by atoms with Crippen molar-refractivity contribution in [3.05, 3.63) is 48.0 Å². The molecule has 0 bridgehead atoms. The second-order valence-corrected chi connectivity index (χ2v) is 3.34. The standard InChI is InChI=1S/C7H8O2.C4H5NS/c1-9-7-5-3-2-4-6(7)8;1-2-4-6-5-3-1/h2-5,8H,1H3;1-5H. The van der Waals surface area contributed by atoms with Crippen molar-refractivity contribution in [3.63, 3.8) is 0 Å². The van der Waals surface area contributed by atoms with Crippen molar-refractivity contribution in [2.24, 2.45) is 0 Å². The lowest BCUT2D eigenvalue weighted by atomic mass is 10.3. The number of nitrogens with one attached hydrogen (secondary N) is 1. The largest absolute Gasteiger partial charge is 0.504 e. The van der Waals surface area contributed by atoms with Crippen molar-refractivity contribution >= 4 is 11.9 Å². The molecule has 0 saturated heterocycles. The van der Waals surface area contributed by atoms with Crippen LogP contribution in [-0.2, 0) is 0 Å². The Bertz CT molecular complexity index is 338. The van der Waals surface area contributed by atoms with E-state index in [0.29, 0.717) is 5.75 Å². The second-order valence-electron chi connectivity index (χ2n) is 2.60. The summed E-state index contributed by atoms with van der Waals surface area (Å²) in [4.78, 5) is 0. The van der Waals surface area contributed by atoms with Gasteiger partial charge in [-0.05, 0) is 35.6 Å². The van der Waals surface area contributed by atoms with E-state index in [1.54, 1.807) is 36.2 Å². The summed E-state index contributed by atoms with van der Waals surface area (Å²) in [5.41, 5.74) is 0. The molecular formula is C11H13NO2S. The molecule has 0 amide bonds. The molecule has 1 aliphatic heterocycles. The summed E-state index contributed by atoms with van der Waals surface area (Å²) in [6, 6.07) is 6.84. The quantitative estimate of drug-likeness (QED) is 0.718. The number of aromatic hydroxyl groups is 1. The summed E-state index contributed by atoms with van der Waals surface area (Å²) in [6.45, 7) is 0. The van der Waals surface area contributed by atoms with E-state index >= 15 is 0 Å². The first-order valence-corrected chi connectivity index (χ1v) is 5.27. The predicted octanol–water partition coefficient (Wildman–Crippen LogP) is 2.67. The zero-order chi connectivity index (χ0) is 10.9. The van der Waals surface area contributed by atoms with Gasteiger partial charge in [-0.3, -0.25) is 0 Å². The van der Waals surface area contributed by atoms with Gasteiger partial charge in [-0.15, -0.1) is 0 Å². The molecule has 0 unspecified atom stereocenters. The smallest absolute Gasteiger partial charge is 0.160 e. The van der Waals surface area contributed by atoms with E-state index in [1.807, 2.05) is 23.8 Å². The Hall–Kier alpha value is -1.55. The van der Waals surface area contributed by atoms with E-state index in [0.717, 1.165) is 0 Å². The molecule has 3 nitrogen and oxygen atoms in total. The summed E-state index contributed by atoms with van der Waals surface area (Å²) < 4.78 is 7.73. The van der Waals surface area contributed by atoms with Crippen LogP contribution in [0.5, 0.6) is 11.5 Å². The van der Waals surface area contributed by atoms with E-state index in [4.69, 9.17) is 9.84 Å². The molecule has 1 aromatic carbocycles. The number of ether oxygens (including phenoxy) is 1. The van der Waals surface area contributed by atoms with Gasteiger partial charge in [0.1, 0.15) is 0 Å². The Balaban J connectivity index is 0.000000162. The summed E-state index contributed by atoms with van der Waals surface area (Å²) in [7, 11) is 1.52. The van der Waals surface area contributed by atoms with Crippen molar-refractivity contribution in [1.82, 2.24) is 4.72 Å². The molecule has 1 aliphatic rings. The highest BCUT2D eigenvalue weighted by Gasteiger charge is 1.94. The van der Waals surface area contributed by atoms with Gasteiger partial charge in [0.05, 0.1) is 7.11 Å².